The molecule has 0 fully saturated rings. The van der Waals surface area contributed by atoms with Gasteiger partial charge < -0.3 is 14.9 Å². The van der Waals surface area contributed by atoms with E-state index in [1.807, 2.05) is 6.07 Å². The number of hydrogen-bond acceptors (Lipinski definition) is 4. The molecular formula is C11H8BrClN2O3. The average molecular weight is 332 g/mol. The molecule has 1 aromatic heterocycles. The molecule has 0 radical (unpaired) electrons. The van der Waals surface area contributed by atoms with Gasteiger partial charge in [-0.25, -0.2) is 4.79 Å². The quantitative estimate of drug-likeness (QED) is 0.898. The van der Waals surface area contributed by atoms with Gasteiger partial charge in [-0.05, 0) is 18.2 Å². The summed E-state index contributed by atoms with van der Waals surface area (Å²) < 4.78 is 5.74. The van der Waals surface area contributed by atoms with Crippen molar-refractivity contribution in [1.29, 1.82) is 0 Å². The molecule has 0 bridgehead atoms. The second-order valence-electron chi connectivity index (χ2n) is 3.45. The summed E-state index contributed by atoms with van der Waals surface area (Å²) in [6.45, 7) is 0.192. The number of aromatic carboxylic acids is 1. The summed E-state index contributed by atoms with van der Waals surface area (Å²) in [4.78, 5) is 10.9. The van der Waals surface area contributed by atoms with Crippen molar-refractivity contribution in [3.05, 3.63) is 45.2 Å². The fraction of sp³-hybridized carbons (Fsp3) is 0.0909. The van der Waals surface area contributed by atoms with Gasteiger partial charge in [0, 0.05) is 4.47 Å². The van der Waals surface area contributed by atoms with Crippen molar-refractivity contribution in [3.8, 4) is 0 Å². The maximum Gasteiger partial charge on any atom is 0.341 e. The number of anilines is 1. The number of rotatable bonds is 4. The second-order valence-corrected chi connectivity index (χ2v) is 4.77. The van der Waals surface area contributed by atoms with Gasteiger partial charge in [0.25, 0.3) is 0 Å². The number of aromatic nitrogens is 1. The SMILES string of the molecule is O=C(O)c1cnoc1CNc1cc(Br)ccc1Cl. The highest BCUT2D eigenvalue weighted by molar-refractivity contribution is 9.10. The van der Waals surface area contributed by atoms with Crippen LogP contribution >= 0.6 is 27.5 Å². The Morgan fingerprint density at radius 2 is 2.33 bits per heavy atom. The van der Waals surface area contributed by atoms with E-state index in [-0.39, 0.29) is 17.9 Å². The zero-order valence-corrected chi connectivity index (χ0v) is 11.3. The Morgan fingerprint density at radius 3 is 3.06 bits per heavy atom. The van der Waals surface area contributed by atoms with Crippen molar-refractivity contribution in [2.45, 2.75) is 6.54 Å². The summed E-state index contributed by atoms with van der Waals surface area (Å²) >= 11 is 9.32. The molecule has 1 aromatic carbocycles. The van der Waals surface area contributed by atoms with Crippen molar-refractivity contribution < 1.29 is 14.4 Å². The lowest BCUT2D eigenvalue weighted by Crippen LogP contribution is -2.04. The number of hydrogen-bond donors (Lipinski definition) is 2. The molecule has 0 amide bonds. The fourth-order valence-electron chi connectivity index (χ4n) is 1.37. The molecule has 0 atom stereocenters. The third kappa shape index (κ3) is 2.83. The van der Waals surface area contributed by atoms with Crippen molar-refractivity contribution in [2.24, 2.45) is 0 Å². The smallest absolute Gasteiger partial charge is 0.341 e. The third-order valence-corrected chi connectivity index (χ3v) is 3.07. The van der Waals surface area contributed by atoms with Gasteiger partial charge in [-0.1, -0.05) is 32.7 Å². The Labute approximate surface area is 116 Å². The fourth-order valence-corrected chi connectivity index (χ4v) is 1.92. The molecule has 18 heavy (non-hydrogen) atoms. The highest BCUT2D eigenvalue weighted by Gasteiger charge is 2.14. The van der Waals surface area contributed by atoms with Gasteiger partial charge in [0.1, 0.15) is 5.56 Å². The van der Waals surface area contributed by atoms with Gasteiger partial charge in [0.05, 0.1) is 23.5 Å². The average Bonchev–Trinajstić information content (AvgIpc) is 2.79. The first kappa shape index (κ1) is 12.9. The first-order valence-corrected chi connectivity index (χ1v) is 6.11. The van der Waals surface area contributed by atoms with Crippen LogP contribution in [0.5, 0.6) is 0 Å². The summed E-state index contributed by atoms with van der Waals surface area (Å²) in [7, 11) is 0. The van der Waals surface area contributed by atoms with E-state index in [0.29, 0.717) is 10.7 Å². The molecule has 2 rings (SSSR count). The van der Waals surface area contributed by atoms with Crippen LogP contribution in [-0.2, 0) is 6.54 Å². The third-order valence-electron chi connectivity index (χ3n) is 2.24. The van der Waals surface area contributed by atoms with Crippen LogP contribution < -0.4 is 5.32 Å². The van der Waals surface area contributed by atoms with E-state index < -0.39 is 5.97 Å². The predicted molar refractivity (Wildman–Crippen MR) is 69.9 cm³/mol. The Balaban J connectivity index is 2.14. The number of nitrogens with one attached hydrogen (secondary N) is 1. The maximum atomic E-state index is 10.9. The highest BCUT2D eigenvalue weighted by atomic mass is 79.9. The summed E-state index contributed by atoms with van der Waals surface area (Å²) in [5.74, 6) is -0.827. The predicted octanol–water partition coefficient (Wildman–Crippen LogP) is 3.40. The first-order chi connectivity index (χ1) is 8.58. The van der Waals surface area contributed by atoms with Gasteiger partial charge in [-0.3, -0.25) is 0 Å². The molecule has 0 unspecified atom stereocenters. The van der Waals surface area contributed by atoms with E-state index in [0.717, 1.165) is 4.47 Å². The summed E-state index contributed by atoms with van der Waals surface area (Å²) in [6.07, 6.45) is 1.17. The van der Waals surface area contributed by atoms with E-state index in [4.69, 9.17) is 21.2 Å². The van der Waals surface area contributed by atoms with Crippen molar-refractivity contribution in [1.82, 2.24) is 5.16 Å². The molecule has 0 saturated carbocycles. The van der Waals surface area contributed by atoms with Crippen LogP contribution in [0.4, 0.5) is 5.69 Å². The molecule has 2 N–H and O–H groups in total. The van der Waals surface area contributed by atoms with Crippen LogP contribution in [0, 0.1) is 0 Å². The molecule has 1 heterocycles. The number of halogens is 2. The molecule has 2 aromatic rings. The van der Waals surface area contributed by atoms with Crippen LogP contribution in [0.3, 0.4) is 0 Å². The van der Waals surface area contributed by atoms with Gasteiger partial charge in [-0.15, -0.1) is 0 Å². The zero-order chi connectivity index (χ0) is 13.1. The Kier molecular flexibility index (Phi) is 3.88. The van der Waals surface area contributed by atoms with Crippen LogP contribution in [0.1, 0.15) is 16.1 Å². The minimum absolute atomic E-state index is 0.0358. The molecule has 0 saturated heterocycles. The Morgan fingerprint density at radius 1 is 1.56 bits per heavy atom. The van der Waals surface area contributed by atoms with Crippen LogP contribution in [0.15, 0.2) is 33.4 Å². The summed E-state index contributed by atoms with van der Waals surface area (Å²) in [6, 6.07) is 5.33. The molecule has 7 heteroatoms. The van der Waals surface area contributed by atoms with Gasteiger partial charge in [0.2, 0.25) is 0 Å². The van der Waals surface area contributed by atoms with Crippen LogP contribution in [0.2, 0.25) is 5.02 Å². The van der Waals surface area contributed by atoms with E-state index in [9.17, 15) is 4.79 Å². The van der Waals surface area contributed by atoms with Crippen molar-refractivity contribution in [2.75, 3.05) is 5.32 Å². The summed E-state index contributed by atoms with van der Waals surface area (Å²) in [5, 5.41) is 15.9. The lowest BCUT2D eigenvalue weighted by molar-refractivity contribution is 0.0694. The number of nitrogens with zero attached hydrogens (tertiary/aromatic N) is 1. The van der Waals surface area contributed by atoms with Gasteiger partial charge in [0.15, 0.2) is 5.76 Å². The highest BCUT2D eigenvalue weighted by Crippen LogP contribution is 2.26. The largest absolute Gasteiger partial charge is 0.478 e. The molecule has 94 valence electrons. The molecule has 0 aliphatic carbocycles. The molecule has 0 aliphatic heterocycles. The number of carboxylic acid groups (broad SMARTS) is 1. The van der Waals surface area contributed by atoms with E-state index in [2.05, 4.69) is 26.4 Å². The van der Waals surface area contributed by atoms with Gasteiger partial charge in [-0.2, -0.15) is 0 Å². The second kappa shape index (κ2) is 5.41. The lowest BCUT2D eigenvalue weighted by Gasteiger charge is -2.07. The standard InChI is InChI=1S/C11H8BrClN2O3/c12-6-1-2-8(13)9(3-6)14-5-10-7(11(16)17)4-15-18-10/h1-4,14H,5H2,(H,16,17). The number of carbonyl (C=O) groups is 1. The molecular weight excluding hydrogens is 323 g/mol. The van der Waals surface area contributed by atoms with Crippen molar-refractivity contribution >= 4 is 39.2 Å². The van der Waals surface area contributed by atoms with Crippen LogP contribution in [0.25, 0.3) is 0 Å². The molecule has 5 nitrogen and oxygen atoms in total. The minimum atomic E-state index is -1.08. The number of benzene rings is 1. The molecule has 0 spiro atoms. The Bertz CT molecular complexity index is 585. The van der Waals surface area contributed by atoms with Crippen LogP contribution in [-0.4, -0.2) is 16.2 Å². The number of carboxylic acids is 1. The topological polar surface area (TPSA) is 75.4 Å². The van der Waals surface area contributed by atoms with Gasteiger partial charge >= 0.3 is 5.97 Å². The Hall–Kier alpha value is -1.53. The normalized spacial score (nSPS) is 10.3. The monoisotopic (exact) mass is 330 g/mol. The van der Waals surface area contributed by atoms with Crippen molar-refractivity contribution in [3.63, 3.8) is 0 Å². The first-order valence-electron chi connectivity index (χ1n) is 4.93. The lowest BCUT2D eigenvalue weighted by atomic mass is 10.2. The van der Waals surface area contributed by atoms with E-state index in [1.165, 1.54) is 6.20 Å². The van der Waals surface area contributed by atoms with E-state index in [1.54, 1.807) is 12.1 Å². The maximum absolute atomic E-state index is 10.9. The molecule has 0 aliphatic rings. The minimum Gasteiger partial charge on any atom is -0.478 e. The zero-order valence-electron chi connectivity index (χ0n) is 8.98. The summed E-state index contributed by atoms with van der Waals surface area (Å²) in [5.41, 5.74) is 0.715. The van der Waals surface area contributed by atoms with E-state index >= 15 is 0 Å².